The highest BCUT2D eigenvalue weighted by Gasteiger charge is 2.21. The van der Waals surface area contributed by atoms with Gasteiger partial charge in [0.15, 0.2) is 11.0 Å². The lowest BCUT2D eigenvalue weighted by Crippen LogP contribution is -2.23. The van der Waals surface area contributed by atoms with Gasteiger partial charge in [0, 0.05) is 17.1 Å². The molecule has 4 rings (SSSR count). The summed E-state index contributed by atoms with van der Waals surface area (Å²) in [5, 5.41) is 15.5. The number of aryl methyl sites for hydroxylation is 1. The highest BCUT2D eigenvalue weighted by Crippen LogP contribution is 2.27. The van der Waals surface area contributed by atoms with Crippen LogP contribution in [0.2, 0.25) is 0 Å². The van der Waals surface area contributed by atoms with Gasteiger partial charge in [0.2, 0.25) is 5.91 Å². The number of hydrogen-bond acceptors (Lipinski definition) is 6. The molecule has 8 heteroatoms. The summed E-state index contributed by atoms with van der Waals surface area (Å²) in [7, 11) is 1.65. The highest BCUT2D eigenvalue weighted by atomic mass is 32.2. The van der Waals surface area contributed by atoms with Crippen molar-refractivity contribution in [3.8, 4) is 11.4 Å². The van der Waals surface area contributed by atoms with Gasteiger partial charge in [-0.2, -0.15) is 0 Å². The fraction of sp³-hybridized carbons (Fsp3) is 0.192. The van der Waals surface area contributed by atoms with Crippen LogP contribution in [0.3, 0.4) is 0 Å². The molecule has 0 spiro atoms. The number of anilines is 2. The molecule has 1 unspecified atom stereocenters. The molecule has 0 fully saturated rings. The number of nitrogens with one attached hydrogen (secondary N) is 2. The lowest BCUT2D eigenvalue weighted by Gasteiger charge is -2.15. The molecular formula is C26H27N5O2S. The van der Waals surface area contributed by atoms with Gasteiger partial charge < -0.3 is 15.4 Å². The Balaban J connectivity index is 1.54. The Morgan fingerprint density at radius 1 is 0.971 bits per heavy atom. The van der Waals surface area contributed by atoms with E-state index in [4.69, 9.17) is 4.74 Å². The van der Waals surface area contributed by atoms with E-state index >= 15 is 0 Å². The minimum atomic E-state index is -0.365. The first-order valence-electron chi connectivity index (χ1n) is 11.0. The molecule has 0 aliphatic carbocycles. The maximum atomic E-state index is 12.8. The topological polar surface area (TPSA) is 81.1 Å². The van der Waals surface area contributed by atoms with Crippen molar-refractivity contribution in [2.75, 3.05) is 17.7 Å². The third-order valence-corrected chi connectivity index (χ3v) is 6.27. The van der Waals surface area contributed by atoms with Crippen molar-refractivity contribution in [3.05, 3.63) is 90.3 Å². The van der Waals surface area contributed by atoms with Crippen LogP contribution in [0.15, 0.2) is 84.0 Å². The van der Waals surface area contributed by atoms with Gasteiger partial charge in [0.05, 0.1) is 18.9 Å². The second-order valence-electron chi connectivity index (χ2n) is 7.77. The number of para-hydroxylation sites is 1. The Labute approximate surface area is 203 Å². The second kappa shape index (κ2) is 10.9. The molecule has 0 saturated heterocycles. The number of amides is 1. The molecule has 0 aliphatic rings. The van der Waals surface area contributed by atoms with Gasteiger partial charge in [-0.1, -0.05) is 47.7 Å². The zero-order valence-corrected chi connectivity index (χ0v) is 20.2. The van der Waals surface area contributed by atoms with Gasteiger partial charge >= 0.3 is 0 Å². The van der Waals surface area contributed by atoms with Crippen LogP contribution in [0.25, 0.3) is 5.69 Å². The number of thioether (sulfide) groups is 1. The predicted octanol–water partition coefficient (Wildman–Crippen LogP) is 5.32. The molecule has 7 nitrogen and oxygen atoms in total. The molecule has 34 heavy (non-hydrogen) atoms. The molecule has 174 valence electrons. The minimum absolute atomic E-state index is 0.0902. The van der Waals surface area contributed by atoms with Crippen molar-refractivity contribution >= 4 is 29.0 Å². The first-order chi connectivity index (χ1) is 16.5. The van der Waals surface area contributed by atoms with E-state index in [0.29, 0.717) is 11.7 Å². The van der Waals surface area contributed by atoms with E-state index in [1.165, 1.54) is 17.3 Å². The van der Waals surface area contributed by atoms with Crippen molar-refractivity contribution in [3.63, 3.8) is 0 Å². The van der Waals surface area contributed by atoms with Gasteiger partial charge in [0.25, 0.3) is 0 Å². The summed E-state index contributed by atoms with van der Waals surface area (Å²) in [6.45, 7) is 4.39. The summed E-state index contributed by atoms with van der Waals surface area (Å²) in [6.07, 6.45) is 0. The first kappa shape index (κ1) is 23.4. The SMILES string of the molecule is COc1ccc(NCc2nnc(SC(C)C(=O)Nc3ccccc3)n2-c2ccc(C)cc2)cc1. The summed E-state index contributed by atoms with van der Waals surface area (Å²) >= 11 is 1.38. The van der Waals surface area contributed by atoms with Crippen molar-refractivity contribution in [2.45, 2.75) is 30.8 Å². The predicted molar refractivity (Wildman–Crippen MR) is 137 cm³/mol. The number of carbonyl (C=O) groups excluding carboxylic acids is 1. The zero-order valence-electron chi connectivity index (χ0n) is 19.4. The van der Waals surface area contributed by atoms with Crippen molar-refractivity contribution in [1.82, 2.24) is 14.8 Å². The minimum Gasteiger partial charge on any atom is -0.497 e. The van der Waals surface area contributed by atoms with Crippen LogP contribution in [0.4, 0.5) is 11.4 Å². The smallest absolute Gasteiger partial charge is 0.237 e. The molecule has 0 radical (unpaired) electrons. The van der Waals surface area contributed by atoms with E-state index in [9.17, 15) is 4.79 Å². The number of nitrogens with zero attached hydrogens (tertiary/aromatic N) is 3. The number of hydrogen-bond donors (Lipinski definition) is 2. The molecule has 0 saturated carbocycles. The summed E-state index contributed by atoms with van der Waals surface area (Å²) in [5.41, 5.74) is 3.83. The van der Waals surface area contributed by atoms with Crippen LogP contribution < -0.4 is 15.4 Å². The van der Waals surface area contributed by atoms with Crippen LogP contribution in [0, 0.1) is 6.92 Å². The van der Waals surface area contributed by atoms with Gasteiger partial charge in [-0.05, 0) is 62.4 Å². The summed E-state index contributed by atoms with van der Waals surface area (Å²) in [6, 6.07) is 25.3. The molecule has 4 aromatic rings. The summed E-state index contributed by atoms with van der Waals surface area (Å²) < 4.78 is 7.22. The lowest BCUT2D eigenvalue weighted by molar-refractivity contribution is -0.115. The van der Waals surface area contributed by atoms with E-state index in [2.05, 4.69) is 33.0 Å². The Morgan fingerprint density at radius 3 is 2.35 bits per heavy atom. The van der Waals surface area contributed by atoms with Gasteiger partial charge in [-0.15, -0.1) is 10.2 Å². The molecule has 1 amide bonds. The first-order valence-corrected chi connectivity index (χ1v) is 11.8. The molecule has 2 N–H and O–H groups in total. The largest absolute Gasteiger partial charge is 0.497 e. The molecule has 1 heterocycles. The van der Waals surface area contributed by atoms with Crippen molar-refractivity contribution in [2.24, 2.45) is 0 Å². The van der Waals surface area contributed by atoms with E-state index in [1.807, 2.05) is 85.1 Å². The average Bonchev–Trinajstić information content (AvgIpc) is 3.26. The molecule has 0 aliphatic heterocycles. The molecule has 1 atom stereocenters. The number of carbonyl (C=O) groups is 1. The summed E-state index contributed by atoms with van der Waals surface area (Å²) in [5.74, 6) is 1.46. The number of aromatic nitrogens is 3. The second-order valence-corrected chi connectivity index (χ2v) is 9.08. The maximum absolute atomic E-state index is 12.8. The number of rotatable bonds is 9. The van der Waals surface area contributed by atoms with Crippen molar-refractivity contribution < 1.29 is 9.53 Å². The quantitative estimate of drug-likeness (QED) is 0.321. The maximum Gasteiger partial charge on any atom is 0.237 e. The normalized spacial score (nSPS) is 11.6. The standard InChI is InChI=1S/C26H27N5O2S/c1-18-9-13-22(14-10-18)31-24(17-27-20-11-15-23(33-3)16-12-20)29-30-26(31)34-19(2)25(32)28-21-7-5-4-6-8-21/h4-16,19,27H,17H2,1-3H3,(H,28,32). The van der Waals surface area contributed by atoms with Crippen LogP contribution >= 0.6 is 11.8 Å². The van der Waals surface area contributed by atoms with Gasteiger partial charge in [-0.25, -0.2) is 0 Å². The molecule has 3 aromatic carbocycles. The van der Waals surface area contributed by atoms with E-state index in [-0.39, 0.29) is 11.2 Å². The van der Waals surface area contributed by atoms with Crippen LogP contribution in [0.1, 0.15) is 18.3 Å². The van der Waals surface area contributed by atoms with Crippen molar-refractivity contribution in [1.29, 1.82) is 0 Å². The Bertz CT molecular complexity index is 1220. The number of methoxy groups -OCH3 is 1. The van der Waals surface area contributed by atoms with Gasteiger partial charge in [-0.3, -0.25) is 9.36 Å². The van der Waals surface area contributed by atoms with Crippen LogP contribution in [0.5, 0.6) is 5.75 Å². The molecular weight excluding hydrogens is 446 g/mol. The van der Waals surface area contributed by atoms with E-state index in [1.54, 1.807) is 7.11 Å². The lowest BCUT2D eigenvalue weighted by atomic mass is 10.2. The molecule has 0 bridgehead atoms. The number of ether oxygens (including phenoxy) is 1. The number of benzene rings is 3. The third kappa shape index (κ3) is 5.77. The Morgan fingerprint density at radius 2 is 1.68 bits per heavy atom. The van der Waals surface area contributed by atoms with E-state index in [0.717, 1.165) is 28.6 Å². The Hall–Kier alpha value is -3.78. The zero-order chi connectivity index (χ0) is 23.9. The third-order valence-electron chi connectivity index (χ3n) is 5.23. The fourth-order valence-corrected chi connectivity index (χ4v) is 4.20. The van der Waals surface area contributed by atoms with E-state index < -0.39 is 0 Å². The summed E-state index contributed by atoms with van der Waals surface area (Å²) in [4.78, 5) is 12.8. The highest BCUT2D eigenvalue weighted by molar-refractivity contribution is 8.00. The van der Waals surface area contributed by atoms with Crippen LogP contribution in [-0.4, -0.2) is 33.0 Å². The van der Waals surface area contributed by atoms with Gasteiger partial charge in [0.1, 0.15) is 5.75 Å². The molecule has 1 aromatic heterocycles. The monoisotopic (exact) mass is 473 g/mol. The van der Waals surface area contributed by atoms with Crippen LogP contribution in [-0.2, 0) is 11.3 Å². The fourth-order valence-electron chi connectivity index (χ4n) is 3.31. The Kier molecular flexibility index (Phi) is 7.49. The average molecular weight is 474 g/mol.